The van der Waals surface area contributed by atoms with Gasteiger partial charge in [-0.25, -0.2) is 4.98 Å². The van der Waals surface area contributed by atoms with Crippen LogP contribution < -0.4 is 14.4 Å². The summed E-state index contributed by atoms with van der Waals surface area (Å²) in [4.78, 5) is 45.3. The third-order valence-corrected chi connectivity index (χ3v) is 7.73. The Kier molecular flexibility index (Phi) is 8.84. The first-order valence-corrected chi connectivity index (χ1v) is 13.8. The Balaban J connectivity index is 1.79. The molecule has 3 aromatic rings. The maximum Gasteiger partial charge on any atom is 0.296 e. The summed E-state index contributed by atoms with van der Waals surface area (Å²) in [6, 6.07) is 13.4. The van der Waals surface area contributed by atoms with Crippen LogP contribution in [0.1, 0.15) is 59.7 Å². The molecule has 8 nitrogen and oxygen atoms in total. The van der Waals surface area contributed by atoms with E-state index in [1.165, 1.54) is 25.0 Å². The van der Waals surface area contributed by atoms with E-state index in [2.05, 4.69) is 18.8 Å². The minimum Gasteiger partial charge on any atom is -0.503 e. The van der Waals surface area contributed by atoms with Crippen molar-refractivity contribution in [2.24, 2.45) is 5.92 Å². The first-order valence-electron chi connectivity index (χ1n) is 13.0. The zero-order valence-electron chi connectivity index (χ0n) is 23.1. The predicted octanol–water partition coefficient (Wildman–Crippen LogP) is 6.27. The zero-order chi connectivity index (χ0) is 29.0. The fourth-order valence-electron chi connectivity index (χ4n) is 4.39. The average Bonchev–Trinajstić information content (AvgIpc) is 3.44. The molecule has 1 aromatic heterocycles. The van der Waals surface area contributed by atoms with E-state index in [1.807, 2.05) is 30.3 Å². The van der Waals surface area contributed by atoms with E-state index in [1.54, 1.807) is 31.2 Å². The molecule has 1 amide bonds. The van der Waals surface area contributed by atoms with Gasteiger partial charge in [0.15, 0.2) is 34.0 Å². The number of aromatic nitrogens is 1. The first kappa shape index (κ1) is 28.8. The molecule has 208 valence electrons. The summed E-state index contributed by atoms with van der Waals surface area (Å²) < 4.78 is 11.5. The summed E-state index contributed by atoms with van der Waals surface area (Å²) in [6.45, 7) is 7.83. The van der Waals surface area contributed by atoms with Crippen LogP contribution in [0.4, 0.5) is 5.13 Å². The summed E-state index contributed by atoms with van der Waals surface area (Å²) in [6.07, 6.45) is 3.82. The highest BCUT2D eigenvalue weighted by Crippen LogP contribution is 2.45. The second-order valence-corrected chi connectivity index (χ2v) is 10.8. The van der Waals surface area contributed by atoms with E-state index in [0.29, 0.717) is 40.2 Å². The number of nitrogens with zero attached hydrogens (tertiary/aromatic N) is 2. The van der Waals surface area contributed by atoms with Crippen molar-refractivity contribution in [1.82, 2.24) is 4.98 Å². The molecule has 2 heterocycles. The van der Waals surface area contributed by atoms with Gasteiger partial charge in [-0.2, -0.15) is 0 Å². The molecular weight excluding hydrogens is 528 g/mol. The van der Waals surface area contributed by atoms with Crippen molar-refractivity contribution >= 4 is 40.0 Å². The molecule has 0 spiro atoms. The van der Waals surface area contributed by atoms with Crippen LogP contribution >= 0.6 is 11.3 Å². The highest BCUT2D eigenvalue weighted by Gasteiger charge is 2.45. The number of rotatable bonds is 11. The number of aryl methyl sites for hydroxylation is 1. The number of carbonyl (C=O) groups excluding carboxylic acids is 3. The predicted molar refractivity (Wildman–Crippen MR) is 155 cm³/mol. The van der Waals surface area contributed by atoms with Gasteiger partial charge in [0.05, 0.1) is 35.9 Å². The summed E-state index contributed by atoms with van der Waals surface area (Å²) >= 11 is 1.04. The molecule has 1 aliphatic heterocycles. The summed E-state index contributed by atoms with van der Waals surface area (Å²) in [5.41, 5.74) is 1.68. The number of anilines is 1. The Morgan fingerprint density at radius 2 is 1.88 bits per heavy atom. The van der Waals surface area contributed by atoms with E-state index >= 15 is 0 Å². The first-order chi connectivity index (χ1) is 19.1. The molecule has 40 heavy (non-hydrogen) atoms. The van der Waals surface area contributed by atoms with Crippen molar-refractivity contribution < 1.29 is 29.0 Å². The van der Waals surface area contributed by atoms with Crippen molar-refractivity contribution in [2.45, 2.75) is 40.2 Å². The molecule has 4 rings (SSSR count). The van der Waals surface area contributed by atoms with Crippen LogP contribution in [0.5, 0.6) is 11.5 Å². The number of benzene rings is 2. The molecular formula is C31H32N2O6S. The second kappa shape index (κ2) is 12.3. The minimum absolute atomic E-state index is 0.0926. The van der Waals surface area contributed by atoms with Gasteiger partial charge >= 0.3 is 0 Å². The summed E-state index contributed by atoms with van der Waals surface area (Å²) in [7, 11) is 1.51. The highest BCUT2D eigenvalue weighted by molar-refractivity contribution is 7.17. The van der Waals surface area contributed by atoms with Crippen LogP contribution in [0.25, 0.3) is 6.08 Å². The highest BCUT2D eigenvalue weighted by atomic mass is 32.1. The van der Waals surface area contributed by atoms with E-state index in [9.17, 15) is 19.5 Å². The van der Waals surface area contributed by atoms with E-state index in [-0.39, 0.29) is 16.5 Å². The molecule has 0 radical (unpaired) electrons. The van der Waals surface area contributed by atoms with Crippen LogP contribution in [0.2, 0.25) is 0 Å². The third-order valence-electron chi connectivity index (χ3n) is 6.47. The number of hydrogen-bond donors (Lipinski definition) is 1. The van der Waals surface area contributed by atoms with Crippen molar-refractivity contribution in [3.63, 3.8) is 0 Å². The van der Waals surface area contributed by atoms with Crippen molar-refractivity contribution in [1.29, 1.82) is 0 Å². The van der Waals surface area contributed by atoms with Gasteiger partial charge in [-0.1, -0.05) is 67.7 Å². The van der Waals surface area contributed by atoms with Crippen LogP contribution in [0, 0.1) is 12.8 Å². The van der Waals surface area contributed by atoms with Crippen molar-refractivity contribution in [3.8, 4) is 11.5 Å². The van der Waals surface area contributed by atoms with Gasteiger partial charge in [0.1, 0.15) is 0 Å². The van der Waals surface area contributed by atoms with E-state index in [4.69, 9.17) is 9.47 Å². The summed E-state index contributed by atoms with van der Waals surface area (Å²) in [5.74, 6) is -0.742. The lowest BCUT2D eigenvalue weighted by molar-refractivity contribution is -0.117. The Morgan fingerprint density at radius 1 is 1.15 bits per heavy atom. The second-order valence-electron chi connectivity index (χ2n) is 9.86. The number of hydrogen-bond acceptors (Lipinski definition) is 8. The molecule has 1 atom stereocenters. The Morgan fingerprint density at radius 3 is 2.50 bits per heavy atom. The maximum absolute atomic E-state index is 13.5. The SMILES string of the molecule is COc1cc(C2C(C(=O)C=Cc3ccccc3)=C(O)C(=O)N2c2nc(C)c(C(C)=O)s2)ccc1OCCC(C)C. The van der Waals surface area contributed by atoms with Gasteiger partial charge in [-0.3, -0.25) is 19.3 Å². The number of thiazole rings is 1. The maximum atomic E-state index is 13.5. The molecule has 9 heteroatoms. The molecule has 0 bridgehead atoms. The van der Waals surface area contributed by atoms with Crippen LogP contribution in [0.3, 0.4) is 0 Å². The largest absolute Gasteiger partial charge is 0.503 e. The number of methoxy groups -OCH3 is 1. The molecule has 1 unspecified atom stereocenters. The number of ketones is 2. The number of ether oxygens (including phenoxy) is 2. The normalized spacial score (nSPS) is 15.4. The molecule has 0 aliphatic carbocycles. The fourth-order valence-corrected chi connectivity index (χ4v) is 5.37. The van der Waals surface area contributed by atoms with E-state index in [0.717, 1.165) is 23.3 Å². The Labute approximate surface area is 237 Å². The van der Waals surface area contributed by atoms with Crippen molar-refractivity contribution in [2.75, 3.05) is 18.6 Å². The van der Waals surface area contributed by atoms with Crippen LogP contribution in [-0.4, -0.2) is 41.3 Å². The monoisotopic (exact) mass is 560 g/mol. The molecule has 0 saturated carbocycles. The quantitative estimate of drug-likeness (QED) is 0.218. The van der Waals surface area contributed by atoms with Gasteiger partial charge in [0.2, 0.25) is 0 Å². The molecule has 0 saturated heterocycles. The lowest BCUT2D eigenvalue weighted by Crippen LogP contribution is -2.30. The third kappa shape index (κ3) is 5.99. The molecule has 1 aliphatic rings. The Bertz CT molecular complexity index is 1490. The van der Waals surface area contributed by atoms with Gasteiger partial charge in [-0.15, -0.1) is 0 Å². The average molecular weight is 561 g/mol. The number of allylic oxidation sites excluding steroid dienone is 1. The van der Waals surface area contributed by atoms with Gasteiger partial charge in [0, 0.05) is 6.92 Å². The number of aliphatic hydroxyl groups is 1. The number of Topliss-reactive ketones (excluding diaryl/α,β-unsaturated/α-hetero) is 1. The van der Waals surface area contributed by atoms with Crippen LogP contribution in [-0.2, 0) is 9.59 Å². The van der Waals surface area contributed by atoms with Crippen molar-refractivity contribution in [3.05, 3.63) is 87.6 Å². The van der Waals surface area contributed by atoms with E-state index < -0.39 is 23.5 Å². The standard InChI is InChI=1S/C31H32N2O6S/c1-18(2)15-16-39-24-14-12-22(17-25(24)38-5)27-26(23(35)13-11-21-9-7-6-8-10-21)28(36)30(37)33(27)31-32-19(3)29(40-31)20(4)34/h6-14,17-18,27,36H,15-16H2,1-5H3. The van der Waals surface area contributed by atoms with Gasteiger partial charge in [-0.05, 0) is 48.6 Å². The fraction of sp³-hybridized carbons (Fsp3) is 0.290. The number of aliphatic hydroxyl groups excluding tert-OH is 1. The zero-order valence-corrected chi connectivity index (χ0v) is 24.0. The molecule has 2 aromatic carbocycles. The summed E-state index contributed by atoms with van der Waals surface area (Å²) in [5, 5.41) is 11.2. The topological polar surface area (TPSA) is 106 Å². The van der Waals surface area contributed by atoms with Gasteiger partial charge in [0.25, 0.3) is 5.91 Å². The minimum atomic E-state index is -1.01. The Hall–Kier alpha value is -4.24. The number of amides is 1. The molecule has 1 N–H and O–H groups in total. The lowest BCUT2D eigenvalue weighted by Gasteiger charge is -2.25. The van der Waals surface area contributed by atoms with Crippen LogP contribution in [0.15, 0.2) is 65.9 Å². The number of carbonyl (C=O) groups is 3. The lowest BCUT2D eigenvalue weighted by atomic mass is 9.95. The smallest absolute Gasteiger partial charge is 0.296 e. The van der Waals surface area contributed by atoms with Gasteiger partial charge < -0.3 is 14.6 Å². The molecule has 0 fully saturated rings.